The minimum atomic E-state index is -3.67. The molecule has 0 saturated carbocycles. The first-order valence-corrected chi connectivity index (χ1v) is 13.4. The zero-order valence-corrected chi connectivity index (χ0v) is 18.9. The molecule has 0 radical (unpaired) electrons. The molecule has 2 aromatic rings. The van der Waals surface area contributed by atoms with Crippen LogP contribution in [0, 0.1) is 0 Å². The first kappa shape index (κ1) is 22.3. The van der Waals surface area contributed by atoms with Gasteiger partial charge >= 0.3 is 0 Å². The number of thioether (sulfide) groups is 2. The normalized spacial score (nSPS) is 14.9. The predicted molar refractivity (Wildman–Crippen MR) is 118 cm³/mol. The van der Waals surface area contributed by atoms with Crippen molar-refractivity contribution in [3.63, 3.8) is 0 Å². The topological polar surface area (TPSA) is 79.6 Å². The van der Waals surface area contributed by atoms with Gasteiger partial charge in [-0.05, 0) is 55.9 Å². The van der Waals surface area contributed by atoms with Crippen LogP contribution < -0.4 is 4.72 Å². The summed E-state index contributed by atoms with van der Waals surface area (Å²) in [6.45, 7) is 1.77. The molecule has 1 fully saturated rings. The number of rotatable bonds is 9. The molecule has 1 saturated heterocycles. The highest BCUT2D eigenvalue weighted by molar-refractivity contribution is 7.98. The van der Waals surface area contributed by atoms with Gasteiger partial charge < -0.3 is 9.32 Å². The summed E-state index contributed by atoms with van der Waals surface area (Å²) in [7, 11) is -3.67. The zero-order chi connectivity index (χ0) is 20.7. The Morgan fingerprint density at radius 3 is 2.69 bits per heavy atom. The maximum Gasteiger partial charge on any atom is 0.255 e. The van der Waals surface area contributed by atoms with Gasteiger partial charge in [0.05, 0.1) is 22.5 Å². The molecule has 1 N–H and O–H groups in total. The Hall–Kier alpha value is -1.42. The number of nitrogens with zero attached hydrogens (tertiary/aromatic N) is 1. The van der Waals surface area contributed by atoms with E-state index in [9.17, 15) is 13.2 Å². The fraction of sp³-hybridized carbons (Fsp3) is 0.450. The Balaban J connectivity index is 1.64. The molecule has 0 aliphatic carbocycles. The van der Waals surface area contributed by atoms with Gasteiger partial charge in [0.1, 0.15) is 5.76 Å². The van der Waals surface area contributed by atoms with E-state index in [1.165, 1.54) is 17.8 Å². The van der Waals surface area contributed by atoms with E-state index in [2.05, 4.69) is 4.72 Å². The monoisotopic (exact) mass is 454 g/mol. The summed E-state index contributed by atoms with van der Waals surface area (Å²) < 4.78 is 33.3. The minimum Gasteiger partial charge on any atom is -0.468 e. The Kier molecular flexibility index (Phi) is 8.11. The second kappa shape index (κ2) is 10.6. The molecule has 9 heteroatoms. The zero-order valence-electron chi connectivity index (χ0n) is 16.4. The number of benzene rings is 1. The molecule has 0 bridgehead atoms. The fourth-order valence-corrected chi connectivity index (χ4v) is 5.70. The molecule has 29 heavy (non-hydrogen) atoms. The predicted octanol–water partition coefficient (Wildman–Crippen LogP) is 3.84. The van der Waals surface area contributed by atoms with Crippen LogP contribution >= 0.6 is 23.5 Å². The van der Waals surface area contributed by atoms with Crippen molar-refractivity contribution in [2.24, 2.45) is 0 Å². The number of carbonyl (C=O) groups excluding carboxylic acids is 1. The highest BCUT2D eigenvalue weighted by Crippen LogP contribution is 2.26. The number of amides is 1. The molecular formula is C20H26N2O4S3. The third kappa shape index (κ3) is 6.04. The molecule has 2 heterocycles. The van der Waals surface area contributed by atoms with E-state index in [-0.39, 0.29) is 10.8 Å². The van der Waals surface area contributed by atoms with Gasteiger partial charge in [0, 0.05) is 30.3 Å². The molecule has 3 rings (SSSR count). The Morgan fingerprint density at radius 1 is 1.21 bits per heavy atom. The summed E-state index contributed by atoms with van der Waals surface area (Å²) in [5.74, 6) is 2.11. The van der Waals surface area contributed by atoms with Crippen LogP contribution in [-0.4, -0.2) is 50.9 Å². The van der Waals surface area contributed by atoms with Gasteiger partial charge in [0.2, 0.25) is 10.0 Å². The third-order valence-electron chi connectivity index (χ3n) is 4.72. The largest absolute Gasteiger partial charge is 0.468 e. The number of piperidine rings is 1. The lowest BCUT2D eigenvalue weighted by Gasteiger charge is -2.27. The average molecular weight is 455 g/mol. The molecule has 1 aliphatic rings. The molecule has 1 amide bonds. The van der Waals surface area contributed by atoms with Crippen molar-refractivity contribution < 1.29 is 17.6 Å². The van der Waals surface area contributed by atoms with Gasteiger partial charge in [-0.1, -0.05) is 0 Å². The lowest BCUT2D eigenvalue weighted by molar-refractivity contribution is 0.0720. The first-order chi connectivity index (χ1) is 14.0. The van der Waals surface area contributed by atoms with E-state index in [1.807, 2.05) is 23.3 Å². The van der Waals surface area contributed by atoms with Crippen LogP contribution in [0.3, 0.4) is 0 Å². The molecule has 6 nitrogen and oxygen atoms in total. The molecule has 0 unspecified atom stereocenters. The molecular weight excluding hydrogens is 428 g/mol. The first-order valence-electron chi connectivity index (χ1n) is 9.58. The average Bonchev–Trinajstić information content (AvgIpc) is 3.26. The van der Waals surface area contributed by atoms with Gasteiger partial charge in [-0.2, -0.15) is 11.8 Å². The summed E-state index contributed by atoms with van der Waals surface area (Å²) >= 11 is 3.05. The maximum absolute atomic E-state index is 13.0. The summed E-state index contributed by atoms with van der Waals surface area (Å²) in [5.41, 5.74) is 0.467. The maximum atomic E-state index is 13.0. The highest BCUT2D eigenvalue weighted by Gasteiger charge is 2.23. The van der Waals surface area contributed by atoms with Gasteiger partial charge in [-0.25, -0.2) is 13.1 Å². The van der Waals surface area contributed by atoms with Gasteiger partial charge in [-0.15, -0.1) is 11.8 Å². The van der Waals surface area contributed by atoms with E-state index >= 15 is 0 Å². The number of nitrogens with one attached hydrogen (secondary N) is 1. The highest BCUT2D eigenvalue weighted by atomic mass is 32.2. The van der Waals surface area contributed by atoms with Crippen molar-refractivity contribution in [2.45, 2.75) is 34.8 Å². The SMILES string of the molecule is CSc1ccc(S(=O)(=O)NCCSCc2ccco2)cc1C(=O)N1CCCCC1. The van der Waals surface area contributed by atoms with Crippen molar-refractivity contribution in [2.75, 3.05) is 31.6 Å². The molecule has 1 aromatic heterocycles. The Bertz CT molecular complexity index is 908. The number of furan rings is 1. The van der Waals surface area contributed by atoms with Crippen LogP contribution in [0.4, 0.5) is 0 Å². The van der Waals surface area contributed by atoms with Gasteiger partial charge in [0.15, 0.2) is 0 Å². The van der Waals surface area contributed by atoms with E-state index in [4.69, 9.17) is 4.42 Å². The van der Waals surface area contributed by atoms with Crippen molar-refractivity contribution >= 4 is 39.5 Å². The van der Waals surface area contributed by atoms with Crippen LogP contribution in [0.15, 0.2) is 50.8 Å². The van der Waals surface area contributed by atoms with E-state index < -0.39 is 10.0 Å². The Labute approximate surface area is 180 Å². The van der Waals surface area contributed by atoms with Crippen molar-refractivity contribution in [3.05, 3.63) is 47.9 Å². The van der Waals surface area contributed by atoms with Crippen molar-refractivity contribution in [1.82, 2.24) is 9.62 Å². The number of hydrogen-bond donors (Lipinski definition) is 1. The van der Waals surface area contributed by atoms with Crippen LogP contribution in [-0.2, 0) is 15.8 Å². The fourth-order valence-electron chi connectivity index (χ4n) is 3.19. The number of hydrogen-bond acceptors (Lipinski definition) is 6. The molecule has 1 aromatic carbocycles. The molecule has 158 valence electrons. The standard InChI is InChI=1S/C20H26N2O4S3/c1-27-19-8-7-17(14-18(19)20(23)22-10-3-2-4-11-22)29(24,25)21-9-13-28-15-16-6-5-12-26-16/h5-8,12,14,21H,2-4,9-11,13,15H2,1H3. The van der Waals surface area contributed by atoms with Crippen LogP contribution in [0.1, 0.15) is 35.4 Å². The van der Waals surface area contributed by atoms with E-state index in [1.54, 1.807) is 30.2 Å². The molecule has 0 spiro atoms. The summed E-state index contributed by atoms with van der Waals surface area (Å²) in [6, 6.07) is 8.53. The van der Waals surface area contributed by atoms with Crippen LogP contribution in [0.2, 0.25) is 0 Å². The lowest BCUT2D eigenvalue weighted by Crippen LogP contribution is -2.36. The quantitative estimate of drug-likeness (QED) is 0.458. The van der Waals surface area contributed by atoms with Gasteiger partial charge in [0.25, 0.3) is 5.91 Å². The van der Waals surface area contributed by atoms with Crippen molar-refractivity contribution in [1.29, 1.82) is 0 Å². The third-order valence-corrected chi connectivity index (χ3v) is 7.95. The van der Waals surface area contributed by atoms with Gasteiger partial charge in [-0.3, -0.25) is 4.79 Å². The summed E-state index contributed by atoms with van der Waals surface area (Å²) in [4.78, 5) is 15.7. The molecule has 0 atom stereocenters. The van der Waals surface area contributed by atoms with Crippen molar-refractivity contribution in [3.8, 4) is 0 Å². The number of likely N-dealkylation sites (tertiary alicyclic amines) is 1. The summed E-state index contributed by atoms with van der Waals surface area (Å²) in [5, 5.41) is 0. The second-order valence-corrected chi connectivity index (χ2v) is 10.5. The smallest absolute Gasteiger partial charge is 0.255 e. The molecule has 1 aliphatic heterocycles. The minimum absolute atomic E-state index is 0.0832. The second-order valence-electron chi connectivity index (χ2n) is 6.74. The lowest BCUT2D eigenvalue weighted by atomic mass is 10.1. The van der Waals surface area contributed by atoms with Crippen LogP contribution in [0.5, 0.6) is 0 Å². The number of carbonyl (C=O) groups is 1. The van der Waals surface area contributed by atoms with E-state index in [0.29, 0.717) is 23.6 Å². The van der Waals surface area contributed by atoms with E-state index in [0.717, 1.165) is 43.0 Å². The summed E-state index contributed by atoms with van der Waals surface area (Å²) in [6.07, 6.45) is 6.64. The van der Waals surface area contributed by atoms with Crippen LogP contribution in [0.25, 0.3) is 0 Å². The Morgan fingerprint density at radius 2 is 2.00 bits per heavy atom. The number of sulfonamides is 1.